The van der Waals surface area contributed by atoms with E-state index in [9.17, 15) is 14.4 Å². The van der Waals surface area contributed by atoms with Crippen LogP contribution in [0.3, 0.4) is 0 Å². The molecule has 0 aliphatic carbocycles. The van der Waals surface area contributed by atoms with Gasteiger partial charge < -0.3 is 10.1 Å². The van der Waals surface area contributed by atoms with Crippen molar-refractivity contribution in [2.75, 3.05) is 25.6 Å². The van der Waals surface area contributed by atoms with Gasteiger partial charge in [-0.1, -0.05) is 17.7 Å². The molecule has 0 aromatic heterocycles. The largest absolute Gasteiger partial charge is 0.383 e. The van der Waals surface area contributed by atoms with E-state index in [0.29, 0.717) is 0 Å². The molecule has 0 bridgehead atoms. The number of nitrogens with one attached hydrogen (secondary N) is 2. The minimum Gasteiger partial charge on any atom is -0.383 e. The van der Waals surface area contributed by atoms with Gasteiger partial charge in [-0.3, -0.25) is 24.6 Å². The minimum absolute atomic E-state index is 0.214. The third kappa shape index (κ3) is 1.98. The molecule has 4 atom stereocenters. The highest BCUT2D eigenvalue weighted by Gasteiger charge is 2.69. The molecule has 3 amide bonds. The number of benzene rings is 1. The third-order valence-corrected chi connectivity index (χ3v) is 5.92. The lowest BCUT2D eigenvalue weighted by Crippen LogP contribution is -2.53. The molecule has 3 aliphatic heterocycles. The van der Waals surface area contributed by atoms with Crippen molar-refractivity contribution in [3.63, 3.8) is 0 Å². The standard InChI is InChI=1S/C19H23N3O4/c1-9-7-10(2)15-12(8-9)19(18(25)20-15)14-13(11(3)21-19)16(23)22(17(14)24)5-6-26-4/h7-8,11,13-14,21H,5-6H2,1-4H3,(H,20,25)/t11-,13+,14+,19+/m0/s1. The summed E-state index contributed by atoms with van der Waals surface area (Å²) in [5.41, 5.74) is 2.30. The van der Waals surface area contributed by atoms with Crippen molar-refractivity contribution in [2.24, 2.45) is 11.8 Å². The van der Waals surface area contributed by atoms with Crippen LogP contribution in [-0.2, 0) is 24.7 Å². The molecular weight excluding hydrogens is 334 g/mol. The van der Waals surface area contributed by atoms with Crippen LogP contribution in [0.5, 0.6) is 0 Å². The summed E-state index contributed by atoms with van der Waals surface area (Å²) in [5.74, 6) is -2.05. The maximum absolute atomic E-state index is 13.2. The smallest absolute Gasteiger partial charge is 0.250 e. The van der Waals surface area contributed by atoms with Crippen molar-refractivity contribution in [1.82, 2.24) is 10.2 Å². The number of ether oxygens (including phenoxy) is 1. The number of hydrogen-bond donors (Lipinski definition) is 2. The van der Waals surface area contributed by atoms with Crippen molar-refractivity contribution >= 4 is 23.4 Å². The number of aryl methyl sites for hydroxylation is 2. The van der Waals surface area contributed by atoms with Gasteiger partial charge in [0.15, 0.2) is 0 Å². The Morgan fingerprint density at radius 3 is 2.62 bits per heavy atom. The van der Waals surface area contributed by atoms with Gasteiger partial charge in [0, 0.05) is 24.4 Å². The molecule has 4 rings (SSSR count). The fraction of sp³-hybridized carbons (Fsp3) is 0.526. The summed E-state index contributed by atoms with van der Waals surface area (Å²) in [4.78, 5) is 40.4. The van der Waals surface area contributed by atoms with Gasteiger partial charge in [-0.05, 0) is 26.3 Å². The highest BCUT2D eigenvalue weighted by Crippen LogP contribution is 2.53. The first-order valence-electron chi connectivity index (χ1n) is 8.88. The quantitative estimate of drug-likeness (QED) is 0.777. The molecule has 2 N–H and O–H groups in total. The Morgan fingerprint density at radius 2 is 1.92 bits per heavy atom. The predicted octanol–water partition coefficient (Wildman–Crippen LogP) is 0.690. The van der Waals surface area contributed by atoms with E-state index in [-0.39, 0.29) is 36.9 Å². The molecule has 26 heavy (non-hydrogen) atoms. The number of rotatable bonds is 3. The zero-order chi connectivity index (χ0) is 18.8. The third-order valence-electron chi connectivity index (χ3n) is 5.92. The summed E-state index contributed by atoms with van der Waals surface area (Å²) in [6.07, 6.45) is 0. The van der Waals surface area contributed by atoms with Gasteiger partial charge in [0.25, 0.3) is 0 Å². The Hall–Kier alpha value is -2.25. The molecule has 3 aliphatic rings. The fourth-order valence-corrected chi connectivity index (χ4v) is 4.88. The van der Waals surface area contributed by atoms with Crippen molar-refractivity contribution in [3.05, 3.63) is 28.8 Å². The van der Waals surface area contributed by atoms with Gasteiger partial charge >= 0.3 is 0 Å². The van der Waals surface area contributed by atoms with Crippen LogP contribution >= 0.6 is 0 Å². The molecule has 2 saturated heterocycles. The van der Waals surface area contributed by atoms with Gasteiger partial charge in [0.1, 0.15) is 5.54 Å². The molecule has 7 heteroatoms. The maximum atomic E-state index is 13.2. The minimum atomic E-state index is -1.19. The molecule has 1 spiro atoms. The van der Waals surface area contributed by atoms with E-state index in [1.54, 1.807) is 0 Å². The van der Waals surface area contributed by atoms with E-state index in [2.05, 4.69) is 10.6 Å². The summed E-state index contributed by atoms with van der Waals surface area (Å²) < 4.78 is 5.03. The van der Waals surface area contributed by atoms with E-state index in [4.69, 9.17) is 4.74 Å². The number of carbonyl (C=O) groups is 3. The highest BCUT2D eigenvalue weighted by atomic mass is 16.5. The first-order valence-corrected chi connectivity index (χ1v) is 8.88. The summed E-state index contributed by atoms with van der Waals surface area (Å²) in [5, 5.41) is 6.26. The average Bonchev–Trinajstić information content (AvgIpc) is 3.13. The normalized spacial score (nSPS) is 32.4. The van der Waals surface area contributed by atoms with E-state index < -0.39 is 17.4 Å². The number of amides is 3. The first-order chi connectivity index (χ1) is 12.3. The maximum Gasteiger partial charge on any atom is 0.250 e. The summed E-state index contributed by atoms with van der Waals surface area (Å²) in [6.45, 7) is 6.27. The lowest BCUT2D eigenvalue weighted by molar-refractivity contribution is -0.143. The summed E-state index contributed by atoms with van der Waals surface area (Å²) in [6, 6.07) is 3.67. The highest BCUT2D eigenvalue weighted by molar-refractivity contribution is 6.15. The van der Waals surface area contributed by atoms with Crippen LogP contribution in [0.4, 0.5) is 5.69 Å². The van der Waals surface area contributed by atoms with E-state index >= 15 is 0 Å². The van der Waals surface area contributed by atoms with E-state index in [0.717, 1.165) is 22.4 Å². The number of hydrogen-bond acceptors (Lipinski definition) is 5. The second-order valence-corrected chi connectivity index (χ2v) is 7.52. The van der Waals surface area contributed by atoms with Gasteiger partial charge in [-0.15, -0.1) is 0 Å². The molecule has 1 aromatic carbocycles. The Bertz CT molecular complexity index is 836. The fourth-order valence-electron chi connectivity index (χ4n) is 4.88. The Kier molecular flexibility index (Phi) is 3.71. The number of anilines is 1. The zero-order valence-corrected chi connectivity index (χ0v) is 15.4. The van der Waals surface area contributed by atoms with E-state index in [1.807, 2.05) is 32.9 Å². The Morgan fingerprint density at radius 1 is 1.19 bits per heavy atom. The molecule has 2 fully saturated rings. The molecule has 138 valence electrons. The van der Waals surface area contributed by atoms with Crippen LogP contribution in [0.1, 0.15) is 23.6 Å². The number of methoxy groups -OCH3 is 1. The monoisotopic (exact) mass is 357 g/mol. The molecule has 0 saturated carbocycles. The Labute approximate surface area is 152 Å². The van der Waals surface area contributed by atoms with Crippen LogP contribution < -0.4 is 10.6 Å². The topological polar surface area (TPSA) is 87.7 Å². The van der Waals surface area contributed by atoms with Crippen LogP contribution in [0.2, 0.25) is 0 Å². The van der Waals surface area contributed by atoms with Crippen LogP contribution in [-0.4, -0.2) is 48.9 Å². The lowest BCUT2D eigenvalue weighted by Gasteiger charge is -2.29. The average molecular weight is 357 g/mol. The molecule has 7 nitrogen and oxygen atoms in total. The second kappa shape index (κ2) is 5.62. The number of imide groups is 1. The Balaban J connectivity index is 1.86. The second-order valence-electron chi connectivity index (χ2n) is 7.52. The summed E-state index contributed by atoms with van der Waals surface area (Å²) >= 11 is 0. The lowest BCUT2D eigenvalue weighted by atomic mass is 9.76. The molecule has 3 heterocycles. The molecule has 0 radical (unpaired) electrons. The van der Waals surface area contributed by atoms with Crippen LogP contribution in [0.25, 0.3) is 0 Å². The van der Waals surface area contributed by atoms with Gasteiger partial charge in [-0.25, -0.2) is 0 Å². The molecular formula is C19H23N3O4. The summed E-state index contributed by atoms with van der Waals surface area (Å²) in [7, 11) is 1.53. The van der Waals surface area contributed by atoms with Gasteiger partial charge in [-0.2, -0.15) is 0 Å². The SMILES string of the molecule is COCCN1C(=O)[C@@H]2[C@H](C)N[C@@]3(C(=O)Nc4c(C)cc(C)cc43)[C@H]2C1=O. The number of likely N-dealkylation sites (tertiary alicyclic amines) is 1. The van der Waals surface area contributed by atoms with Crippen LogP contribution in [0.15, 0.2) is 12.1 Å². The zero-order valence-electron chi connectivity index (χ0n) is 15.4. The van der Waals surface area contributed by atoms with Crippen molar-refractivity contribution in [2.45, 2.75) is 32.4 Å². The molecule has 1 aromatic rings. The van der Waals surface area contributed by atoms with Crippen molar-refractivity contribution < 1.29 is 19.1 Å². The van der Waals surface area contributed by atoms with Gasteiger partial charge in [0.2, 0.25) is 17.7 Å². The number of carbonyl (C=O) groups excluding carboxylic acids is 3. The van der Waals surface area contributed by atoms with Crippen molar-refractivity contribution in [1.29, 1.82) is 0 Å². The van der Waals surface area contributed by atoms with Crippen LogP contribution in [0, 0.1) is 25.7 Å². The first kappa shape index (κ1) is 17.2. The van der Waals surface area contributed by atoms with E-state index in [1.165, 1.54) is 12.0 Å². The number of fused-ring (bicyclic) bond motifs is 4. The molecule has 0 unspecified atom stereocenters. The predicted molar refractivity (Wildman–Crippen MR) is 94.4 cm³/mol. The number of nitrogens with zero attached hydrogens (tertiary/aromatic N) is 1. The van der Waals surface area contributed by atoms with Gasteiger partial charge in [0.05, 0.1) is 25.0 Å². The van der Waals surface area contributed by atoms with Crippen molar-refractivity contribution in [3.8, 4) is 0 Å².